The normalized spacial score (nSPS) is 12.3. The number of guanidine groups is 1. The number of nitrogens with two attached hydrogens (primary N) is 1. The highest BCUT2D eigenvalue weighted by atomic mass is 32.2. The third-order valence-electron chi connectivity index (χ3n) is 1.87. The minimum Gasteiger partial charge on any atom is -0.370 e. The Morgan fingerprint density at radius 1 is 1.61 bits per heavy atom. The number of sulfonamides is 1. The Morgan fingerprint density at radius 3 is 3.00 bits per heavy atom. The monoisotopic (exact) mass is 288 g/mol. The van der Waals surface area contributed by atoms with Crippen LogP contribution < -0.4 is 15.8 Å². The third-order valence-corrected chi connectivity index (χ3v) is 4.73. The van der Waals surface area contributed by atoms with E-state index in [1.54, 1.807) is 23.6 Å². The number of aliphatic imine (C=N–C) groups is 1. The van der Waals surface area contributed by atoms with Crippen molar-refractivity contribution >= 4 is 27.3 Å². The van der Waals surface area contributed by atoms with Crippen LogP contribution in [-0.2, 0) is 10.0 Å². The molecule has 0 bridgehead atoms. The molecule has 18 heavy (non-hydrogen) atoms. The summed E-state index contributed by atoms with van der Waals surface area (Å²) < 4.78 is 26.1. The Balaban J connectivity index is 2.36. The summed E-state index contributed by atoms with van der Waals surface area (Å²) in [5, 5.41) is 4.50. The summed E-state index contributed by atoms with van der Waals surface area (Å²) in [5.41, 5.74) is 5.52. The Hall–Kier alpha value is -1.38. The second-order valence-corrected chi connectivity index (χ2v) is 6.21. The highest BCUT2D eigenvalue weighted by Gasteiger charge is 2.13. The summed E-state index contributed by atoms with van der Waals surface area (Å²) in [7, 11) is -3.41. The molecule has 0 aliphatic carbocycles. The van der Waals surface area contributed by atoms with Gasteiger partial charge < -0.3 is 11.1 Å². The maximum Gasteiger partial charge on any atom is 0.250 e. The van der Waals surface area contributed by atoms with E-state index in [1.807, 2.05) is 0 Å². The van der Waals surface area contributed by atoms with Crippen molar-refractivity contribution in [2.45, 2.75) is 4.21 Å². The molecule has 1 aromatic rings. The van der Waals surface area contributed by atoms with Crippen molar-refractivity contribution in [3.05, 3.63) is 30.2 Å². The van der Waals surface area contributed by atoms with Gasteiger partial charge in [0.05, 0.1) is 6.54 Å². The van der Waals surface area contributed by atoms with Crippen molar-refractivity contribution in [1.29, 1.82) is 0 Å². The van der Waals surface area contributed by atoms with Gasteiger partial charge in [0, 0.05) is 13.1 Å². The summed E-state index contributed by atoms with van der Waals surface area (Å²) >= 11 is 1.17. The molecule has 0 radical (unpaired) electrons. The van der Waals surface area contributed by atoms with E-state index in [1.165, 1.54) is 11.3 Å². The lowest BCUT2D eigenvalue weighted by Gasteiger charge is -2.04. The molecule has 0 aliphatic heterocycles. The highest BCUT2D eigenvalue weighted by molar-refractivity contribution is 7.91. The van der Waals surface area contributed by atoms with Gasteiger partial charge in [0.25, 0.3) is 0 Å². The minimum atomic E-state index is -3.41. The fourth-order valence-electron chi connectivity index (χ4n) is 1.08. The lowest BCUT2D eigenvalue weighted by atomic mass is 10.6. The van der Waals surface area contributed by atoms with Crippen molar-refractivity contribution in [3.8, 4) is 0 Å². The van der Waals surface area contributed by atoms with Crippen LogP contribution in [0.3, 0.4) is 0 Å². The van der Waals surface area contributed by atoms with Crippen LogP contribution in [0.5, 0.6) is 0 Å². The van der Waals surface area contributed by atoms with Gasteiger partial charge in [0.15, 0.2) is 5.96 Å². The molecule has 0 amide bonds. The molecule has 0 fully saturated rings. The number of hydrogen-bond donors (Lipinski definition) is 3. The Morgan fingerprint density at radius 2 is 2.39 bits per heavy atom. The molecule has 0 aliphatic rings. The molecule has 6 nitrogen and oxygen atoms in total. The average Bonchev–Trinajstić information content (AvgIpc) is 2.86. The first-order chi connectivity index (χ1) is 8.56. The first kappa shape index (κ1) is 14.7. The lowest BCUT2D eigenvalue weighted by molar-refractivity contribution is 0.584. The van der Waals surface area contributed by atoms with E-state index in [4.69, 9.17) is 5.73 Å². The zero-order chi connectivity index (χ0) is 13.4. The van der Waals surface area contributed by atoms with Crippen LogP contribution in [0.15, 0.2) is 39.4 Å². The van der Waals surface area contributed by atoms with Crippen LogP contribution in [0.2, 0.25) is 0 Å². The molecule has 0 saturated carbocycles. The Bertz CT molecular complexity index is 494. The first-order valence-electron chi connectivity index (χ1n) is 5.24. The van der Waals surface area contributed by atoms with E-state index in [2.05, 4.69) is 21.6 Å². The number of nitrogens with one attached hydrogen (secondary N) is 2. The second-order valence-electron chi connectivity index (χ2n) is 3.27. The zero-order valence-corrected chi connectivity index (χ0v) is 11.4. The van der Waals surface area contributed by atoms with Crippen molar-refractivity contribution in [2.75, 3.05) is 19.6 Å². The van der Waals surface area contributed by atoms with Gasteiger partial charge in [0.1, 0.15) is 4.21 Å². The molecular weight excluding hydrogens is 272 g/mol. The van der Waals surface area contributed by atoms with Gasteiger partial charge in [-0.3, -0.25) is 4.99 Å². The molecule has 0 unspecified atom stereocenters. The summed E-state index contributed by atoms with van der Waals surface area (Å²) in [5.74, 6) is 0.269. The fraction of sp³-hybridized carbons (Fsp3) is 0.300. The topological polar surface area (TPSA) is 96.6 Å². The van der Waals surface area contributed by atoms with Gasteiger partial charge in [-0.05, 0) is 11.4 Å². The predicted octanol–water partition coefficient (Wildman–Crippen LogP) is 0.117. The molecule has 100 valence electrons. The van der Waals surface area contributed by atoms with Crippen LogP contribution in [-0.4, -0.2) is 34.0 Å². The largest absolute Gasteiger partial charge is 0.370 e. The van der Waals surface area contributed by atoms with E-state index < -0.39 is 10.0 Å². The fourth-order valence-corrected chi connectivity index (χ4v) is 3.14. The molecule has 1 aromatic heterocycles. The number of rotatable bonds is 7. The van der Waals surface area contributed by atoms with Crippen LogP contribution >= 0.6 is 11.3 Å². The lowest BCUT2D eigenvalue weighted by Crippen LogP contribution is -2.33. The van der Waals surface area contributed by atoms with Gasteiger partial charge in [0.2, 0.25) is 10.0 Å². The first-order valence-corrected chi connectivity index (χ1v) is 7.60. The summed E-state index contributed by atoms with van der Waals surface area (Å²) in [6.45, 7) is 4.53. The van der Waals surface area contributed by atoms with Crippen molar-refractivity contribution in [1.82, 2.24) is 10.0 Å². The van der Waals surface area contributed by atoms with Gasteiger partial charge in [-0.2, -0.15) is 0 Å². The van der Waals surface area contributed by atoms with Gasteiger partial charge in [-0.25, -0.2) is 13.1 Å². The second kappa shape index (κ2) is 7.14. The predicted molar refractivity (Wildman–Crippen MR) is 74.2 cm³/mol. The molecule has 0 spiro atoms. The number of thiophene rings is 1. The van der Waals surface area contributed by atoms with Crippen molar-refractivity contribution < 1.29 is 8.42 Å². The maximum atomic E-state index is 11.7. The van der Waals surface area contributed by atoms with E-state index in [9.17, 15) is 8.42 Å². The van der Waals surface area contributed by atoms with E-state index >= 15 is 0 Å². The summed E-state index contributed by atoms with van der Waals surface area (Å²) in [4.78, 5) is 3.96. The highest BCUT2D eigenvalue weighted by Crippen LogP contribution is 2.14. The minimum absolute atomic E-state index is 0.205. The zero-order valence-electron chi connectivity index (χ0n) is 9.80. The smallest absolute Gasteiger partial charge is 0.250 e. The van der Waals surface area contributed by atoms with Gasteiger partial charge >= 0.3 is 0 Å². The third kappa shape index (κ3) is 4.86. The quantitative estimate of drug-likeness (QED) is 0.287. The molecule has 4 N–H and O–H groups in total. The summed E-state index contributed by atoms with van der Waals surface area (Å²) in [6, 6.07) is 3.24. The molecule has 1 heterocycles. The van der Waals surface area contributed by atoms with Crippen LogP contribution in [0.4, 0.5) is 0 Å². The van der Waals surface area contributed by atoms with E-state index in [-0.39, 0.29) is 19.0 Å². The Labute approximate surface area is 111 Å². The average molecular weight is 288 g/mol. The molecular formula is C10H16N4O2S2. The Kier molecular flexibility index (Phi) is 5.83. The van der Waals surface area contributed by atoms with E-state index in [0.717, 1.165) is 0 Å². The van der Waals surface area contributed by atoms with Crippen molar-refractivity contribution in [2.24, 2.45) is 10.7 Å². The molecule has 0 aromatic carbocycles. The number of hydrogen-bond acceptors (Lipinski definition) is 4. The molecule has 8 heteroatoms. The summed E-state index contributed by atoms with van der Waals surface area (Å²) in [6.07, 6.45) is 1.65. The standard InChI is InChI=1S/C10H16N4O2S2/c1-2-5-12-10(11)13-6-7-14-18(15,16)9-4-3-8-17-9/h2-4,8,14H,1,5-7H2,(H3,11,12,13). The van der Waals surface area contributed by atoms with Crippen LogP contribution in [0.25, 0.3) is 0 Å². The molecule has 1 rings (SSSR count). The number of nitrogens with zero attached hydrogens (tertiary/aromatic N) is 1. The van der Waals surface area contributed by atoms with Crippen molar-refractivity contribution in [3.63, 3.8) is 0 Å². The maximum absolute atomic E-state index is 11.7. The van der Waals surface area contributed by atoms with Crippen LogP contribution in [0.1, 0.15) is 0 Å². The van der Waals surface area contributed by atoms with Crippen LogP contribution in [0, 0.1) is 0 Å². The molecule has 0 atom stereocenters. The SMILES string of the molecule is C=CCNC(N)=NCCNS(=O)(=O)c1cccs1. The molecule has 0 saturated heterocycles. The van der Waals surface area contributed by atoms with Gasteiger partial charge in [-0.15, -0.1) is 17.9 Å². The van der Waals surface area contributed by atoms with E-state index in [0.29, 0.717) is 10.8 Å². The van der Waals surface area contributed by atoms with Gasteiger partial charge in [-0.1, -0.05) is 12.1 Å².